The van der Waals surface area contributed by atoms with Crippen molar-refractivity contribution >= 4 is 17.4 Å². The van der Waals surface area contributed by atoms with Crippen LogP contribution in [0, 0.1) is 0 Å². The van der Waals surface area contributed by atoms with Crippen LogP contribution in [0.2, 0.25) is 0 Å². The molecule has 0 saturated heterocycles. The van der Waals surface area contributed by atoms with E-state index in [1.165, 1.54) is 0 Å². The van der Waals surface area contributed by atoms with E-state index in [1.807, 2.05) is 0 Å². The molecule has 1 unspecified atom stereocenters. The van der Waals surface area contributed by atoms with Crippen molar-refractivity contribution in [2.24, 2.45) is 11.5 Å². The molecule has 0 spiro atoms. The number of carbonyl (C=O) groups excluding carboxylic acids is 1. The molecule has 50 valence electrons. The van der Waals surface area contributed by atoms with Gasteiger partial charge in [0.1, 0.15) is 0 Å². The predicted octanol–water partition coefficient (Wildman–Crippen LogP) is -4.63. The molecule has 5 N–H and O–H groups in total. The molecule has 0 fully saturated rings. The summed E-state index contributed by atoms with van der Waals surface area (Å²) in [7, 11) is 0. The zero-order valence-corrected chi connectivity index (χ0v) is 7.55. The predicted molar refractivity (Wildman–Crippen MR) is 25.3 cm³/mol. The molecule has 2 amide bonds. The minimum Gasteiger partial charge on any atom is -0.750 e. The SMILES string of the molecule is NC(N)=O.O=S([O-])O.[Na+]. The Morgan fingerprint density at radius 2 is 1.56 bits per heavy atom. The Labute approximate surface area is 76.4 Å². The average Bonchev–Trinajstić information content (AvgIpc) is 1.25. The maximum Gasteiger partial charge on any atom is 1.00 e. The topological polar surface area (TPSA) is 129 Å². The monoisotopic (exact) mass is 164 g/mol. The summed E-state index contributed by atoms with van der Waals surface area (Å²) in [5.74, 6) is 0. The van der Waals surface area contributed by atoms with Gasteiger partial charge in [0, 0.05) is 0 Å². The first-order valence-electron chi connectivity index (χ1n) is 1.30. The summed E-state index contributed by atoms with van der Waals surface area (Å²) in [6.07, 6.45) is 0. The number of carbonyl (C=O) groups is 1. The van der Waals surface area contributed by atoms with Crippen LogP contribution in [0.25, 0.3) is 0 Å². The minimum atomic E-state index is -2.86. The summed E-state index contributed by atoms with van der Waals surface area (Å²) >= 11 is -2.86. The van der Waals surface area contributed by atoms with E-state index in [9.17, 15) is 0 Å². The summed E-state index contributed by atoms with van der Waals surface area (Å²) in [6.45, 7) is 0. The van der Waals surface area contributed by atoms with Gasteiger partial charge in [-0.05, 0) is 0 Å². The molecule has 9 heavy (non-hydrogen) atoms. The Morgan fingerprint density at radius 3 is 1.56 bits per heavy atom. The zero-order chi connectivity index (χ0) is 7.15. The quantitative estimate of drug-likeness (QED) is 0.245. The molecule has 8 heteroatoms. The molecule has 0 aromatic rings. The third kappa shape index (κ3) is 2900. The summed E-state index contributed by atoms with van der Waals surface area (Å²) in [5, 5.41) is 0. The van der Waals surface area contributed by atoms with E-state index in [4.69, 9.17) is 18.1 Å². The van der Waals surface area contributed by atoms with Crippen molar-refractivity contribution in [2.45, 2.75) is 0 Å². The van der Waals surface area contributed by atoms with Gasteiger partial charge in [-0.1, -0.05) is 0 Å². The van der Waals surface area contributed by atoms with Crippen molar-refractivity contribution in [3.63, 3.8) is 0 Å². The molecule has 1 atom stereocenters. The number of nitrogens with two attached hydrogens (primary N) is 2. The zero-order valence-electron chi connectivity index (χ0n) is 4.73. The van der Waals surface area contributed by atoms with Crippen LogP contribution < -0.4 is 41.0 Å². The Kier molecular flexibility index (Phi) is 20.1. The number of urea groups is 1. The summed E-state index contributed by atoms with van der Waals surface area (Å²) in [4.78, 5) is 9.00. The second-order valence-corrected chi connectivity index (χ2v) is 1.05. The second kappa shape index (κ2) is 11.2. The van der Waals surface area contributed by atoms with Crippen molar-refractivity contribution in [3.05, 3.63) is 0 Å². The van der Waals surface area contributed by atoms with Crippen molar-refractivity contribution in [2.75, 3.05) is 0 Å². The van der Waals surface area contributed by atoms with Crippen LogP contribution in [0.3, 0.4) is 0 Å². The Balaban J connectivity index is -0.0000000720. The normalized spacial score (nSPS) is 9.56. The largest absolute Gasteiger partial charge is 1.00 e. The van der Waals surface area contributed by atoms with E-state index in [0.717, 1.165) is 0 Å². The average molecular weight is 164 g/mol. The first kappa shape index (κ1) is 16.2. The molecule has 0 aliphatic heterocycles. The first-order valence-corrected chi connectivity index (χ1v) is 2.33. The van der Waals surface area contributed by atoms with Gasteiger partial charge >= 0.3 is 35.6 Å². The number of primary amides is 2. The molecule has 0 aromatic heterocycles. The smallest absolute Gasteiger partial charge is 0.750 e. The Hall–Kier alpha value is 0.340. The maximum absolute atomic E-state index is 9.00. The number of hydrogen-bond acceptors (Lipinski definition) is 3. The van der Waals surface area contributed by atoms with E-state index < -0.39 is 17.4 Å². The van der Waals surface area contributed by atoms with E-state index in [2.05, 4.69) is 11.5 Å². The van der Waals surface area contributed by atoms with Gasteiger partial charge in [-0.25, -0.2) is 9.00 Å². The number of rotatable bonds is 0. The summed E-state index contributed by atoms with van der Waals surface area (Å²) in [6, 6.07) is -0.833. The van der Waals surface area contributed by atoms with Crippen molar-refractivity contribution < 1.29 is 47.7 Å². The molecule has 0 bridgehead atoms. The van der Waals surface area contributed by atoms with Crippen LogP contribution in [-0.4, -0.2) is 19.3 Å². The first-order chi connectivity index (χ1) is 3.46. The van der Waals surface area contributed by atoms with Gasteiger partial charge in [0.15, 0.2) is 0 Å². The van der Waals surface area contributed by atoms with Gasteiger partial charge in [0.05, 0.1) is 11.4 Å². The molecular formula is CH5N2NaO4S. The van der Waals surface area contributed by atoms with Crippen LogP contribution in [0.15, 0.2) is 0 Å². The molecule has 0 saturated carbocycles. The van der Waals surface area contributed by atoms with Gasteiger partial charge in [0.2, 0.25) is 0 Å². The molecule has 0 heterocycles. The van der Waals surface area contributed by atoms with E-state index >= 15 is 0 Å². The molecule has 0 aliphatic carbocycles. The minimum absolute atomic E-state index is 0. The second-order valence-electron chi connectivity index (χ2n) is 0.619. The summed E-state index contributed by atoms with van der Waals surface area (Å²) < 4.78 is 24.1. The van der Waals surface area contributed by atoms with Crippen molar-refractivity contribution in [1.82, 2.24) is 0 Å². The van der Waals surface area contributed by atoms with Crippen molar-refractivity contribution in [3.8, 4) is 0 Å². The standard InChI is InChI=1S/CH4N2O.Na.H2O3S/c2-1(3)4;;1-4(2)3/h(H4,2,3,4);;(H2,1,2,3)/q;+1;/p-1. The fraction of sp³-hybridized carbons (Fsp3) is 0. The number of hydrogen-bond donors (Lipinski definition) is 3. The van der Waals surface area contributed by atoms with Crippen LogP contribution in [-0.2, 0) is 11.4 Å². The fourth-order valence-electron chi connectivity index (χ4n) is 0. The van der Waals surface area contributed by atoms with Gasteiger partial charge < -0.3 is 20.6 Å². The molecular weight excluding hydrogens is 159 g/mol. The van der Waals surface area contributed by atoms with Crippen LogP contribution in [0.1, 0.15) is 0 Å². The fourth-order valence-corrected chi connectivity index (χ4v) is 0. The van der Waals surface area contributed by atoms with Crippen molar-refractivity contribution in [1.29, 1.82) is 0 Å². The molecule has 6 nitrogen and oxygen atoms in total. The van der Waals surface area contributed by atoms with Crippen LogP contribution >= 0.6 is 0 Å². The summed E-state index contributed by atoms with van der Waals surface area (Å²) in [5.41, 5.74) is 8.50. The Morgan fingerprint density at radius 1 is 1.56 bits per heavy atom. The van der Waals surface area contributed by atoms with Gasteiger partial charge in [-0.3, -0.25) is 0 Å². The third-order valence-electron chi connectivity index (χ3n) is 0. The van der Waals surface area contributed by atoms with E-state index in [-0.39, 0.29) is 29.6 Å². The maximum atomic E-state index is 9.00. The molecule has 0 radical (unpaired) electrons. The van der Waals surface area contributed by atoms with Gasteiger partial charge in [-0.2, -0.15) is 0 Å². The third-order valence-corrected chi connectivity index (χ3v) is 0. The Bertz CT molecular complexity index is 76.6. The molecule has 0 aromatic carbocycles. The molecule has 0 aliphatic rings. The van der Waals surface area contributed by atoms with E-state index in [0.29, 0.717) is 0 Å². The molecule has 0 rings (SSSR count). The van der Waals surface area contributed by atoms with Crippen LogP contribution in [0.4, 0.5) is 4.79 Å². The van der Waals surface area contributed by atoms with E-state index in [1.54, 1.807) is 0 Å². The van der Waals surface area contributed by atoms with Crippen LogP contribution in [0.5, 0.6) is 0 Å². The van der Waals surface area contributed by atoms with Gasteiger partial charge in [0.25, 0.3) is 0 Å². The number of amides is 2. The van der Waals surface area contributed by atoms with Gasteiger partial charge in [-0.15, -0.1) is 0 Å².